The van der Waals surface area contributed by atoms with Crippen LogP contribution in [0, 0.1) is 13.8 Å². The number of carbonyl (C=O) groups excluding carboxylic acids is 1. The van der Waals surface area contributed by atoms with Gasteiger partial charge in [-0.2, -0.15) is 0 Å². The minimum absolute atomic E-state index is 0.212. The molecule has 0 radical (unpaired) electrons. The zero-order valence-corrected chi connectivity index (χ0v) is 13.3. The number of nitrogens with zero attached hydrogens (tertiary/aromatic N) is 2. The zero-order valence-electron chi connectivity index (χ0n) is 13.3. The molecule has 112 valence electrons. The average Bonchev–Trinajstić information content (AvgIpc) is 2.67. The summed E-state index contributed by atoms with van der Waals surface area (Å²) in [6.07, 6.45) is 1.23. The van der Waals surface area contributed by atoms with Crippen LogP contribution < -0.4 is 0 Å². The van der Waals surface area contributed by atoms with Crippen LogP contribution in [0.15, 0.2) is 6.07 Å². The van der Waals surface area contributed by atoms with E-state index in [1.54, 1.807) is 0 Å². The standard InChI is InChI=1S/C16H26N2O2/c1-6-14-10-20-12(3)8-18(14)9-16(19)15-7-11(2)17(5)13(15)4/h7,12,14H,6,8-10H2,1-5H3. The van der Waals surface area contributed by atoms with Gasteiger partial charge in [0.25, 0.3) is 0 Å². The summed E-state index contributed by atoms with van der Waals surface area (Å²) in [5, 5.41) is 0. The Morgan fingerprint density at radius 1 is 1.45 bits per heavy atom. The summed E-state index contributed by atoms with van der Waals surface area (Å²) in [6.45, 7) is 10.3. The van der Waals surface area contributed by atoms with Crippen molar-refractivity contribution in [3.63, 3.8) is 0 Å². The Bertz CT molecular complexity index is 493. The van der Waals surface area contributed by atoms with Crippen LogP contribution >= 0.6 is 0 Å². The number of rotatable bonds is 4. The van der Waals surface area contributed by atoms with Gasteiger partial charge in [-0.05, 0) is 33.3 Å². The minimum atomic E-state index is 0.212. The predicted octanol–water partition coefficient (Wildman–Crippen LogP) is 2.32. The second-order valence-corrected chi connectivity index (χ2v) is 5.90. The molecule has 1 aliphatic heterocycles. The highest BCUT2D eigenvalue weighted by Gasteiger charge is 2.28. The fourth-order valence-electron chi connectivity index (χ4n) is 2.89. The van der Waals surface area contributed by atoms with Crippen LogP contribution in [0.1, 0.15) is 42.0 Å². The van der Waals surface area contributed by atoms with Crippen LogP contribution in [0.2, 0.25) is 0 Å². The fraction of sp³-hybridized carbons (Fsp3) is 0.688. The fourth-order valence-corrected chi connectivity index (χ4v) is 2.89. The topological polar surface area (TPSA) is 34.5 Å². The smallest absolute Gasteiger partial charge is 0.178 e. The number of hydrogen-bond donors (Lipinski definition) is 0. The van der Waals surface area contributed by atoms with Crippen LogP contribution in [0.5, 0.6) is 0 Å². The number of ether oxygens (including phenoxy) is 1. The quantitative estimate of drug-likeness (QED) is 0.793. The highest BCUT2D eigenvalue weighted by atomic mass is 16.5. The van der Waals surface area contributed by atoms with Gasteiger partial charge in [0.2, 0.25) is 0 Å². The maximum atomic E-state index is 12.6. The third-order valence-electron chi connectivity index (χ3n) is 4.47. The Morgan fingerprint density at radius 3 is 2.70 bits per heavy atom. The van der Waals surface area contributed by atoms with Gasteiger partial charge >= 0.3 is 0 Å². The van der Waals surface area contributed by atoms with E-state index in [2.05, 4.69) is 23.3 Å². The molecule has 0 bridgehead atoms. The molecule has 2 rings (SSSR count). The first-order chi connectivity index (χ1) is 9.43. The lowest BCUT2D eigenvalue weighted by Gasteiger charge is -2.37. The van der Waals surface area contributed by atoms with E-state index in [0.717, 1.165) is 36.5 Å². The molecular formula is C16H26N2O2. The first-order valence-corrected chi connectivity index (χ1v) is 7.45. The maximum Gasteiger partial charge on any atom is 0.178 e. The second kappa shape index (κ2) is 6.10. The Labute approximate surface area is 121 Å². The lowest BCUT2D eigenvalue weighted by atomic mass is 10.1. The normalized spacial score (nSPS) is 24.1. The van der Waals surface area contributed by atoms with Gasteiger partial charge in [-0.3, -0.25) is 9.69 Å². The van der Waals surface area contributed by atoms with Crippen molar-refractivity contribution in [1.82, 2.24) is 9.47 Å². The van der Waals surface area contributed by atoms with Crippen molar-refractivity contribution < 1.29 is 9.53 Å². The number of carbonyl (C=O) groups is 1. The summed E-state index contributed by atoms with van der Waals surface area (Å²) in [5.74, 6) is 0.221. The van der Waals surface area contributed by atoms with Crippen molar-refractivity contribution in [3.05, 3.63) is 23.0 Å². The molecule has 0 aliphatic carbocycles. The highest BCUT2D eigenvalue weighted by Crippen LogP contribution is 2.18. The molecule has 0 spiro atoms. The van der Waals surface area contributed by atoms with Crippen LogP contribution in [0.3, 0.4) is 0 Å². The van der Waals surface area contributed by atoms with Crippen molar-refractivity contribution in [2.45, 2.75) is 46.3 Å². The number of ketones is 1. The summed E-state index contributed by atoms with van der Waals surface area (Å²) in [5.41, 5.74) is 3.05. The van der Waals surface area contributed by atoms with Gasteiger partial charge in [-0.1, -0.05) is 6.92 Å². The summed E-state index contributed by atoms with van der Waals surface area (Å²) < 4.78 is 7.76. The zero-order chi connectivity index (χ0) is 14.9. The average molecular weight is 278 g/mol. The van der Waals surface area contributed by atoms with Crippen molar-refractivity contribution in [2.75, 3.05) is 19.7 Å². The van der Waals surface area contributed by atoms with Gasteiger partial charge in [0.15, 0.2) is 5.78 Å². The molecular weight excluding hydrogens is 252 g/mol. The molecule has 1 aromatic rings. The van der Waals surface area contributed by atoms with Crippen molar-refractivity contribution in [1.29, 1.82) is 0 Å². The summed E-state index contributed by atoms with van der Waals surface area (Å²) >= 11 is 0. The largest absolute Gasteiger partial charge is 0.376 e. The Balaban J connectivity index is 2.11. The predicted molar refractivity (Wildman–Crippen MR) is 80.3 cm³/mol. The van der Waals surface area contributed by atoms with Crippen LogP contribution in [0.25, 0.3) is 0 Å². The number of morpholine rings is 1. The molecule has 2 atom stereocenters. The van der Waals surface area contributed by atoms with E-state index in [0.29, 0.717) is 12.6 Å². The van der Waals surface area contributed by atoms with E-state index < -0.39 is 0 Å². The van der Waals surface area contributed by atoms with E-state index in [9.17, 15) is 4.79 Å². The van der Waals surface area contributed by atoms with Gasteiger partial charge < -0.3 is 9.30 Å². The Hall–Kier alpha value is -1.13. The lowest BCUT2D eigenvalue weighted by molar-refractivity contribution is -0.0523. The third-order valence-corrected chi connectivity index (χ3v) is 4.47. The lowest BCUT2D eigenvalue weighted by Crippen LogP contribution is -2.50. The maximum absolute atomic E-state index is 12.6. The van der Waals surface area contributed by atoms with Crippen molar-refractivity contribution in [2.24, 2.45) is 7.05 Å². The number of Topliss-reactive ketones (excluding diaryl/α,β-unsaturated/α-hetero) is 1. The Kier molecular flexibility index (Phi) is 4.66. The first-order valence-electron chi connectivity index (χ1n) is 7.45. The number of hydrogen-bond acceptors (Lipinski definition) is 3. The molecule has 0 aromatic carbocycles. The van der Waals surface area contributed by atoms with E-state index in [4.69, 9.17) is 4.74 Å². The first kappa shape index (κ1) is 15.3. The van der Waals surface area contributed by atoms with Gasteiger partial charge in [-0.25, -0.2) is 0 Å². The summed E-state index contributed by atoms with van der Waals surface area (Å²) in [6, 6.07) is 2.36. The third kappa shape index (κ3) is 2.96. The SMILES string of the molecule is CCC1COC(C)CN1CC(=O)c1cc(C)n(C)c1C. The molecule has 20 heavy (non-hydrogen) atoms. The molecule has 4 heteroatoms. The van der Waals surface area contributed by atoms with Crippen molar-refractivity contribution >= 4 is 5.78 Å². The van der Waals surface area contributed by atoms with Crippen LogP contribution in [0.4, 0.5) is 0 Å². The molecule has 1 aliphatic rings. The summed E-state index contributed by atoms with van der Waals surface area (Å²) in [4.78, 5) is 14.8. The molecule has 2 heterocycles. The van der Waals surface area contributed by atoms with Crippen LogP contribution in [-0.2, 0) is 11.8 Å². The molecule has 4 nitrogen and oxygen atoms in total. The number of aromatic nitrogens is 1. The van der Waals surface area contributed by atoms with E-state index >= 15 is 0 Å². The van der Waals surface area contributed by atoms with Gasteiger partial charge in [0.05, 0.1) is 19.3 Å². The highest BCUT2D eigenvalue weighted by molar-refractivity contribution is 5.99. The molecule has 1 aromatic heterocycles. The second-order valence-electron chi connectivity index (χ2n) is 5.90. The monoisotopic (exact) mass is 278 g/mol. The molecule has 0 N–H and O–H groups in total. The van der Waals surface area contributed by atoms with E-state index in [1.807, 2.05) is 27.0 Å². The van der Waals surface area contributed by atoms with E-state index in [1.165, 1.54) is 0 Å². The molecule has 0 saturated carbocycles. The van der Waals surface area contributed by atoms with Crippen LogP contribution in [-0.4, -0.2) is 47.1 Å². The van der Waals surface area contributed by atoms with E-state index in [-0.39, 0.29) is 11.9 Å². The Morgan fingerprint density at radius 2 is 2.15 bits per heavy atom. The van der Waals surface area contributed by atoms with Crippen molar-refractivity contribution in [3.8, 4) is 0 Å². The summed E-state index contributed by atoms with van der Waals surface area (Å²) in [7, 11) is 2.01. The molecule has 1 fully saturated rings. The molecule has 2 unspecified atom stereocenters. The van der Waals surface area contributed by atoms with Gasteiger partial charge in [0.1, 0.15) is 0 Å². The minimum Gasteiger partial charge on any atom is -0.376 e. The number of aryl methyl sites for hydroxylation is 1. The molecule has 1 saturated heterocycles. The van der Waals surface area contributed by atoms with Gasteiger partial charge in [0, 0.05) is 36.6 Å². The van der Waals surface area contributed by atoms with Gasteiger partial charge in [-0.15, -0.1) is 0 Å². The molecule has 0 amide bonds.